The first-order valence-corrected chi connectivity index (χ1v) is 6.85. The van der Waals surface area contributed by atoms with Crippen LogP contribution in [-0.4, -0.2) is 21.7 Å². The summed E-state index contributed by atoms with van der Waals surface area (Å²) in [5.74, 6) is 3.23. The maximum absolute atomic E-state index is 5.15. The number of aryl methyl sites for hydroxylation is 3. The summed E-state index contributed by atoms with van der Waals surface area (Å²) >= 11 is 0. The van der Waals surface area contributed by atoms with Crippen LogP contribution in [-0.2, 0) is 6.54 Å². The van der Waals surface area contributed by atoms with Crippen molar-refractivity contribution in [3.63, 3.8) is 0 Å². The SMILES string of the molecule is CCCNc1cc(NCc2c(C)noc2C)nc(C)n1. The predicted octanol–water partition coefficient (Wildman–Crippen LogP) is 2.82. The lowest BCUT2D eigenvalue weighted by atomic mass is 10.2. The standard InChI is InChI=1S/C14H21N5O/c1-5-6-15-13-7-14(18-11(4)17-13)16-8-12-9(2)19-20-10(12)3/h7H,5-6,8H2,1-4H3,(H2,15,16,17,18). The Morgan fingerprint density at radius 1 is 1.10 bits per heavy atom. The van der Waals surface area contributed by atoms with Gasteiger partial charge in [0, 0.05) is 24.7 Å². The molecule has 2 aromatic rings. The maximum atomic E-state index is 5.15. The molecule has 108 valence electrons. The minimum atomic E-state index is 0.644. The zero-order chi connectivity index (χ0) is 14.5. The lowest BCUT2D eigenvalue weighted by Gasteiger charge is -2.09. The van der Waals surface area contributed by atoms with Crippen molar-refractivity contribution in [2.75, 3.05) is 17.2 Å². The highest BCUT2D eigenvalue weighted by Gasteiger charge is 2.09. The molecule has 6 heteroatoms. The van der Waals surface area contributed by atoms with E-state index in [-0.39, 0.29) is 0 Å². The van der Waals surface area contributed by atoms with Crippen LogP contribution in [0, 0.1) is 20.8 Å². The van der Waals surface area contributed by atoms with Crippen LogP contribution in [0.15, 0.2) is 10.6 Å². The Balaban J connectivity index is 2.07. The molecule has 0 saturated heterocycles. The second kappa shape index (κ2) is 6.36. The summed E-state index contributed by atoms with van der Waals surface area (Å²) < 4.78 is 5.15. The van der Waals surface area contributed by atoms with Gasteiger partial charge in [0.25, 0.3) is 0 Å². The van der Waals surface area contributed by atoms with E-state index in [0.717, 1.165) is 47.4 Å². The quantitative estimate of drug-likeness (QED) is 0.844. The van der Waals surface area contributed by atoms with E-state index in [9.17, 15) is 0 Å². The number of nitrogens with zero attached hydrogens (tertiary/aromatic N) is 3. The molecule has 0 aliphatic heterocycles. The summed E-state index contributed by atoms with van der Waals surface area (Å²) in [5.41, 5.74) is 1.98. The molecule has 0 bridgehead atoms. The summed E-state index contributed by atoms with van der Waals surface area (Å²) in [5, 5.41) is 10.5. The van der Waals surface area contributed by atoms with E-state index >= 15 is 0 Å². The molecule has 2 N–H and O–H groups in total. The van der Waals surface area contributed by atoms with Crippen molar-refractivity contribution in [3.05, 3.63) is 28.9 Å². The molecule has 0 fully saturated rings. The minimum absolute atomic E-state index is 0.644. The van der Waals surface area contributed by atoms with Crippen molar-refractivity contribution in [2.45, 2.75) is 40.7 Å². The Kier molecular flexibility index (Phi) is 4.55. The predicted molar refractivity (Wildman–Crippen MR) is 78.9 cm³/mol. The van der Waals surface area contributed by atoms with Gasteiger partial charge in [-0.05, 0) is 27.2 Å². The first kappa shape index (κ1) is 14.3. The van der Waals surface area contributed by atoms with Crippen molar-refractivity contribution in [2.24, 2.45) is 0 Å². The van der Waals surface area contributed by atoms with Crippen LogP contribution in [0.2, 0.25) is 0 Å². The van der Waals surface area contributed by atoms with Crippen LogP contribution in [0.25, 0.3) is 0 Å². The maximum Gasteiger partial charge on any atom is 0.138 e. The number of anilines is 2. The van der Waals surface area contributed by atoms with E-state index in [2.05, 4.69) is 32.7 Å². The smallest absolute Gasteiger partial charge is 0.138 e. The summed E-state index contributed by atoms with van der Waals surface area (Å²) in [6, 6.07) is 1.92. The molecule has 0 spiro atoms. The van der Waals surface area contributed by atoms with Gasteiger partial charge in [-0.1, -0.05) is 12.1 Å². The summed E-state index contributed by atoms with van der Waals surface area (Å²) in [6.45, 7) is 9.41. The highest BCUT2D eigenvalue weighted by atomic mass is 16.5. The molecule has 2 heterocycles. The molecule has 6 nitrogen and oxygen atoms in total. The summed E-state index contributed by atoms with van der Waals surface area (Å²) in [6.07, 6.45) is 1.06. The lowest BCUT2D eigenvalue weighted by molar-refractivity contribution is 0.392. The average Bonchev–Trinajstić information content (AvgIpc) is 2.73. The molecule has 0 atom stereocenters. The number of hydrogen-bond donors (Lipinski definition) is 2. The van der Waals surface area contributed by atoms with Gasteiger partial charge in [0.15, 0.2) is 0 Å². The number of hydrogen-bond acceptors (Lipinski definition) is 6. The van der Waals surface area contributed by atoms with Gasteiger partial charge in [0.05, 0.1) is 5.69 Å². The third kappa shape index (κ3) is 3.46. The third-order valence-corrected chi connectivity index (χ3v) is 3.02. The van der Waals surface area contributed by atoms with Crippen molar-refractivity contribution in [1.29, 1.82) is 0 Å². The van der Waals surface area contributed by atoms with Crippen molar-refractivity contribution in [3.8, 4) is 0 Å². The van der Waals surface area contributed by atoms with Gasteiger partial charge in [-0.25, -0.2) is 9.97 Å². The van der Waals surface area contributed by atoms with Gasteiger partial charge in [-0.3, -0.25) is 0 Å². The Labute approximate surface area is 119 Å². The van der Waals surface area contributed by atoms with Crippen LogP contribution in [0.1, 0.15) is 36.2 Å². The topological polar surface area (TPSA) is 75.9 Å². The van der Waals surface area contributed by atoms with Gasteiger partial charge < -0.3 is 15.2 Å². The summed E-state index contributed by atoms with van der Waals surface area (Å²) in [7, 11) is 0. The molecule has 0 unspecified atom stereocenters. The number of nitrogens with one attached hydrogen (secondary N) is 2. The normalized spacial score (nSPS) is 10.6. The Hall–Kier alpha value is -2.11. The number of rotatable bonds is 6. The lowest BCUT2D eigenvalue weighted by Crippen LogP contribution is -2.08. The molecule has 20 heavy (non-hydrogen) atoms. The van der Waals surface area contributed by atoms with Crippen molar-refractivity contribution >= 4 is 11.6 Å². The van der Waals surface area contributed by atoms with Crippen molar-refractivity contribution in [1.82, 2.24) is 15.1 Å². The van der Waals surface area contributed by atoms with Gasteiger partial charge in [0.1, 0.15) is 23.2 Å². The largest absolute Gasteiger partial charge is 0.370 e. The second-order valence-electron chi connectivity index (χ2n) is 4.77. The molecule has 2 rings (SSSR count). The Morgan fingerprint density at radius 2 is 1.80 bits per heavy atom. The van der Waals surface area contributed by atoms with Crippen molar-refractivity contribution < 1.29 is 4.52 Å². The van der Waals surface area contributed by atoms with E-state index in [1.165, 1.54) is 0 Å². The molecule has 0 aliphatic rings. The highest BCUT2D eigenvalue weighted by molar-refractivity contribution is 5.48. The van der Waals surface area contributed by atoms with Gasteiger partial charge in [-0.15, -0.1) is 0 Å². The van der Waals surface area contributed by atoms with Gasteiger partial charge in [-0.2, -0.15) is 0 Å². The molecule has 0 aromatic carbocycles. The van der Waals surface area contributed by atoms with Crippen LogP contribution in [0.5, 0.6) is 0 Å². The first-order valence-electron chi connectivity index (χ1n) is 6.85. The van der Waals surface area contributed by atoms with E-state index in [1.807, 2.05) is 26.8 Å². The zero-order valence-electron chi connectivity index (χ0n) is 12.4. The van der Waals surface area contributed by atoms with Gasteiger partial charge in [0.2, 0.25) is 0 Å². The zero-order valence-corrected chi connectivity index (χ0v) is 12.4. The van der Waals surface area contributed by atoms with Crippen LogP contribution in [0.4, 0.5) is 11.6 Å². The average molecular weight is 275 g/mol. The van der Waals surface area contributed by atoms with E-state index in [0.29, 0.717) is 6.54 Å². The van der Waals surface area contributed by atoms with E-state index in [1.54, 1.807) is 0 Å². The fourth-order valence-electron chi connectivity index (χ4n) is 1.94. The van der Waals surface area contributed by atoms with E-state index in [4.69, 9.17) is 4.52 Å². The highest BCUT2D eigenvalue weighted by Crippen LogP contribution is 2.16. The molecule has 0 saturated carbocycles. The molecule has 0 radical (unpaired) electrons. The summed E-state index contributed by atoms with van der Waals surface area (Å²) in [4.78, 5) is 8.75. The fourth-order valence-corrected chi connectivity index (χ4v) is 1.94. The van der Waals surface area contributed by atoms with E-state index < -0.39 is 0 Å². The fraction of sp³-hybridized carbons (Fsp3) is 0.500. The number of aromatic nitrogens is 3. The van der Waals surface area contributed by atoms with Gasteiger partial charge >= 0.3 is 0 Å². The molecule has 0 amide bonds. The molecular weight excluding hydrogens is 254 g/mol. The monoisotopic (exact) mass is 275 g/mol. The second-order valence-corrected chi connectivity index (χ2v) is 4.77. The third-order valence-electron chi connectivity index (χ3n) is 3.02. The molecule has 2 aromatic heterocycles. The first-order chi connectivity index (χ1) is 9.60. The molecular formula is C14H21N5O. The Morgan fingerprint density at radius 3 is 2.40 bits per heavy atom. The minimum Gasteiger partial charge on any atom is -0.370 e. The Bertz CT molecular complexity index is 559. The van der Waals surface area contributed by atoms with Crippen LogP contribution < -0.4 is 10.6 Å². The van der Waals surface area contributed by atoms with Crippen LogP contribution >= 0.6 is 0 Å². The van der Waals surface area contributed by atoms with Crippen LogP contribution in [0.3, 0.4) is 0 Å². The molecule has 0 aliphatic carbocycles.